The van der Waals surface area contributed by atoms with Gasteiger partial charge in [-0.25, -0.2) is 15.8 Å². The number of furan rings is 1. The van der Waals surface area contributed by atoms with E-state index in [0.29, 0.717) is 5.82 Å². The van der Waals surface area contributed by atoms with E-state index >= 15 is 0 Å². The van der Waals surface area contributed by atoms with Crippen LogP contribution in [0.25, 0.3) is 0 Å². The van der Waals surface area contributed by atoms with E-state index in [4.69, 9.17) is 10.3 Å². The number of anilines is 2. The van der Waals surface area contributed by atoms with Crippen molar-refractivity contribution in [1.82, 2.24) is 9.97 Å². The van der Waals surface area contributed by atoms with Crippen molar-refractivity contribution in [2.45, 2.75) is 26.8 Å². The van der Waals surface area contributed by atoms with Gasteiger partial charge in [0.25, 0.3) is 0 Å². The second-order valence-corrected chi connectivity index (χ2v) is 4.38. The van der Waals surface area contributed by atoms with Crippen molar-refractivity contribution in [1.29, 1.82) is 0 Å². The van der Waals surface area contributed by atoms with Crippen LogP contribution in [0, 0.1) is 6.92 Å². The van der Waals surface area contributed by atoms with Crippen LogP contribution in [-0.2, 0) is 13.0 Å². The molecule has 0 saturated carbocycles. The fraction of sp³-hybridized carbons (Fsp3) is 0.385. The Kier molecular flexibility index (Phi) is 4.01. The van der Waals surface area contributed by atoms with Crippen LogP contribution in [0.4, 0.5) is 11.6 Å². The smallest absolute Gasteiger partial charge is 0.145 e. The Labute approximate surface area is 112 Å². The molecule has 0 aromatic carbocycles. The zero-order chi connectivity index (χ0) is 13.8. The largest absolute Gasteiger partial charge is 0.469 e. The first kappa shape index (κ1) is 13.4. The molecular weight excluding hydrogens is 242 g/mol. The molecule has 2 aromatic heterocycles. The van der Waals surface area contributed by atoms with Crippen molar-refractivity contribution in [3.63, 3.8) is 0 Å². The molecule has 0 saturated heterocycles. The van der Waals surface area contributed by atoms with Gasteiger partial charge in [-0.1, -0.05) is 6.92 Å². The van der Waals surface area contributed by atoms with Crippen molar-refractivity contribution < 1.29 is 4.42 Å². The number of aryl methyl sites for hydroxylation is 2. The zero-order valence-electron chi connectivity index (χ0n) is 11.5. The number of rotatable bonds is 5. The maximum atomic E-state index is 5.43. The van der Waals surface area contributed by atoms with Gasteiger partial charge in [0.2, 0.25) is 0 Å². The summed E-state index contributed by atoms with van der Waals surface area (Å²) in [5, 5.41) is 0. The fourth-order valence-corrected chi connectivity index (χ4v) is 1.82. The van der Waals surface area contributed by atoms with E-state index in [2.05, 4.69) is 15.4 Å². The standard InChI is InChI=1S/C13H19N5O/c1-4-11-15-12(17-14)7-13(16-11)18(3)8-10-5-6-19-9(10)2/h5-7H,4,8,14H2,1-3H3,(H,15,16,17). The maximum Gasteiger partial charge on any atom is 0.145 e. The van der Waals surface area contributed by atoms with E-state index in [1.54, 1.807) is 6.26 Å². The summed E-state index contributed by atoms with van der Waals surface area (Å²) < 4.78 is 5.30. The lowest BCUT2D eigenvalue weighted by Gasteiger charge is -2.19. The average Bonchev–Trinajstić information content (AvgIpc) is 2.83. The van der Waals surface area contributed by atoms with Gasteiger partial charge in [-0.15, -0.1) is 0 Å². The minimum Gasteiger partial charge on any atom is -0.469 e. The lowest BCUT2D eigenvalue weighted by Crippen LogP contribution is -2.20. The third-order valence-corrected chi connectivity index (χ3v) is 2.99. The van der Waals surface area contributed by atoms with E-state index in [9.17, 15) is 0 Å². The molecule has 0 atom stereocenters. The van der Waals surface area contributed by atoms with Gasteiger partial charge in [0.05, 0.1) is 6.26 Å². The molecule has 0 aliphatic rings. The first-order chi connectivity index (χ1) is 9.13. The van der Waals surface area contributed by atoms with E-state index in [-0.39, 0.29) is 0 Å². The van der Waals surface area contributed by atoms with Crippen LogP contribution in [0.3, 0.4) is 0 Å². The summed E-state index contributed by atoms with van der Waals surface area (Å²) in [5.74, 6) is 8.58. The lowest BCUT2D eigenvalue weighted by molar-refractivity contribution is 0.529. The van der Waals surface area contributed by atoms with Crippen LogP contribution >= 0.6 is 0 Å². The van der Waals surface area contributed by atoms with Gasteiger partial charge in [-0.05, 0) is 13.0 Å². The summed E-state index contributed by atoms with van der Waals surface area (Å²) in [7, 11) is 1.98. The zero-order valence-corrected chi connectivity index (χ0v) is 11.5. The summed E-state index contributed by atoms with van der Waals surface area (Å²) in [5.41, 5.74) is 3.71. The third-order valence-electron chi connectivity index (χ3n) is 2.99. The molecule has 0 aliphatic carbocycles. The normalized spacial score (nSPS) is 10.5. The van der Waals surface area contributed by atoms with Gasteiger partial charge >= 0.3 is 0 Å². The first-order valence-electron chi connectivity index (χ1n) is 6.22. The molecule has 3 N–H and O–H groups in total. The number of nitrogens with one attached hydrogen (secondary N) is 1. The number of nitrogen functional groups attached to an aromatic ring is 1. The topological polar surface area (TPSA) is 80.2 Å². The van der Waals surface area contributed by atoms with Gasteiger partial charge in [0.15, 0.2) is 0 Å². The van der Waals surface area contributed by atoms with Gasteiger partial charge in [0.1, 0.15) is 23.2 Å². The molecule has 0 bridgehead atoms. The minimum atomic E-state index is 0.623. The van der Waals surface area contributed by atoms with E-state index in [0.717, 1.165) is 35.9 Å². The van der Waals surface area contributed by atoms with Crippen molar-refractivity contribution in [2.24, 2.45) is 5.84 Å². The lowest BCUT2D eigenvalue weighted by atomic mass is 10.2. The molecule has 0 aliphatic heterocycles. The van der Waals surface area contributed by atoms with Crippen LogP contribution < -0.4 is 16.2 Å². The van der Waals surface area contributed by atoms with Crippen LogP contribution in [0.5, 0.6) is 0 Å². The van der Waals surface area contributed by atoms with Crippen LogP contribution in [0.1, 0.15) is 24.1 Å². The molecule has 19 heavy (non-hydrogen) atoms. The highest BCUT2D eigenvalue weighted by atomic mass is 16.3. The predicted octanol–water partition coefficient (Wildman–Crippen LogP) is 1.86. The third kappa shape index (κ3) is 3.03. The van der Waals surface area contributed by atoms with Crippen LogP contribution in [0.2, 0.25) is 0 Å². The number of aromatic nitrogens is 2. The average molecular weight is 261 g/mol. The Hall–Kier alpha value is -2.08. The number of hydrazine groups is 1. The highest BCUT2D eigenvalue weighted by molar-refractivity contribution is 5.48. The Balaban J connectivity index is 2.23. The Morgan fingerprint density at radius 1 is 1.42 bits per heavy atom. The van der Waals surface area contributed by atoms with Crippen molar-refractivity contribution in [2.75, 3.05) is 17.4 Å². The number of nitrogens with zero attached hydrogens (tertiary/aromatic N) is 3. The molecule has 0 spiro atoms. The molecule has 102 valence electrons. The van der Waals surface area contributed by atoms with Gasteiger partial charge in [0, 0.05) is 31.6 Å². The fourth-order valence-electron chi connectivity index (χ4n) is 1.82. The maximum absolute atomic E-state index is 5.43. The van der Waals surface area contributed by atoms with Gasteiger partial charge in [-0.3, -0.25) is 0 Å². The molecule has 6 heteroatoms. The van der Waals surface area contributed by atoms with Crippen LogP contribution in [0.15, 0.2) is 22.8 Å². The van der Waals surface area contributed by atoms with E-state index < -0.39 is 0 Å². The minimum absolute atomic E-state index is 0.623. The highest BCUT2D eigenvalue weighted by Crippen LogP contribution is 2.18. The summed E-state index contributed by atoms with van der Waals surface area (Å²) in [6.45, 7) is 4.69. The highest BCUT2D eigenvalue weighted by Gasteiger charge is 2.10. The van der Waals surface area contributed by atoms with Gasteiger partial charge in [-0.2, -0.15) is 0 Å². The van der Waals surface area contributed by atoms with Crippen LogP contribution in [-0.4, -0.2) is 17.0 Å². The van der Waals surface area contributed by atoms with E-state index in [1.807, 2.05) is 37.9 Å². The first-order valence-corrected chi connectivity index (χ1v) is 6.22. The quantitative estimate of drug-likeness (QED) is 0.631. The summed E-state index contributed by atoms with van der Waals surface area (Å²) in [6, 6.07) is 3.80. The molecule has 0 unspecified atom stereocenters. The number of nitrogens with two attached hydrogens (primary N) is 1. The molecular formula is C13H19N5O. The number of hydrogen-bond donors (Lipinski definition) is 2. The number of hydrogen-bond acceptors (Lipinski definition) is 6. The Bertz CT molecular complexity index is 529. The van der Waals surface area contributed by atoms with Crippen molar-refractivity contribution in [3.8, 4) is 0 Å². The second kappa shape index (κ2) is 5.71. The molecule has 6 nitrogen and oxygen atoms in total. The van der Waals surface area contributed by atoms with Crippen molar-refractivity contribution >= 4 is 11.6 Å². The summed E-state index contributed by atoms with van der Waals surface area (Å²) in [4.78, 5) is 10.8. The molecule has 2 aromatic rings. The summed E-state index contributed by atoms with van der Waals surface area (Å²) >= 11 is 0. The van der Waals surface area contributed by atoms with E-state index in [1.165, 1.54) is 0 Å². The summed E-state index contributed by atoms with van der Waals surface area (Å²) in [6.07, 6.45) is 2.46. The SMILES string of the molecule is CCc1nc(NN)cc(N(C)Cc2ccoc2C)n1. The molecule has 2 rings (SSSR count). The second-order valence-electron chi connectivity index (χ2n) is 4.38. The van der Waals surface area contributed by atoms with Crippen molar-refractivity contribution in [3.05, 3.63) is 35.5 Å². The predicted molar refractivity (Wildman–Crippen MR) is 74.8 cm³/mol. The Morgan fingerprint density at radius 3 is 2.79 bits per heavy atom. The molecule has 2 heterocycles. The molecule has 0 fully saturated rings. The van der Waals surface area contributed by atoms with Gasteiger partial charge < -0.3 is 14.7 Å². The monoisotopic (exact) mass is 261 g/mol. The molecule has 0 radical (unpaired) electrons. The Morgan fingerprint density at radius 2 is 2.21 bits per heavy atom. The molecule has 0 amide bonds.